The van der Waals surface area contributed by atoms with Crippen LogP contribution >= 0.6 is 0 Å². The molecule has 0 unspecified atom stereocenters. The standard InChI is InChI=1S/C15H19NO2/c1-10(2)15-13-7-11(9-17-3)5-6-12(13)14(18-4)8-16-15/h5-8,10H,9H2,1-4H3. The molecule has 0 atom stereocenters. The van der Waals surface area contributed by atoms with Gasteiger partial charge in [0.05, 0.1) is 25.6 Å². The lowest BCUT2D eigenvalue weighted by molar-refractivity contribution is 0.185. The van der Waals surface area contributed by atoms with Gasteiger partial charge < -0.3 is 9.47 Å². The number of hydrogen-bond acceptors (Lipinski definition) is 3. The van der Waals surface area contributed by atoms with E-state index in [-0.39, 0.29) is 0 Å². The van der Waals surface area contributed by atoms with Crippen LogP contribution < -0.4 is 4.74 Å². The van der Waals surface area contributed by atoms with Crippen molar-refractivity contribution in [3.8, 4) is 5.75 Å². The Kier molecular flexibility index (Phi) is 3.82. The first kappa shape index (κ1) is 12.8. The second-order valence-electron chi connectivity index (χ2n) is 4.68. The molecule has 0 amide bonds. The van der Waals surface area contributed by atoms with Gasteiger partial charge in [-0.1, -0.05) is 26.0 Å². The third kappa shape index (κ3) is 2.31. The molecule has 0 fully saturated rings. The number of fused-ring (bicyclic) bond motifs is 1. The molecule has 0 N–H and O–H groups in total. The van der Waals surface area contributed by atoms with Gasteiger partial charge in [-0.2, -0.15) is 0 Å². The first-order valence-electron chi connectivity index (χ1n) is 6.11. The molecule has 0 radical (unpaired) electrons. The summed E-state index contributed by atoms with van der Waals surface area (Å²) >= 11 is 0. The Morgan fingerprint density at radius 3 is 2.56 bits per heavy atom. The highest BCUT2D eigenvalue weighted by Crippen LogP contribution is 2.31. The van der Waals surface area contributed by atoms with E-state index in [0.29, 0.717) is 12.5 Å². The zero-order valence-corrected chi connectivity index (χ0v) is 11.4. The Bertz CT molecular complexity index is 549. The number of nitrogens with zero attached hydrogens (tertiary/aromatic N) is 1. The molecule has 0 spiro atoms. The topological polar surface area (TPSA) is 31.4 Å². The fourth-order valence-corrected chi connectivity index (χ4v) is 2.16. The predicted molar refractivity (Wildman–Crippen MR) is 73.1 cm³/mol. The lowest BCUT2D eigenvalue weighted by Crippen LogP contribution is -1.98. The Labute approximate surface area is 108 Å². The van der Waals surface area contributed by atoms with Gasteiger partial charge in [0.15, 0.2) is 0 Å². The third-order valence-corrected chi connectivity index (χ3v) is 3.02. The molecule has 0 aliphatic carbocycles. The molecule has 0 aliphatic heterocycles. The van der Waals surface area contributed by atoms with Crippen LogP contribution in [0.15, 0.2) is 24.4 Å². The van der Waals surface area contributed by atoms with Crippen LogP contribution in [0.1, 0.15) is 31.0 Å². The molecule has 0 bridgehead atoms. The van der Waals surface area contributed by atoms with Crippen LogP contribution in [-0.2, 0) is 11.3 Å². The molecule has 96 valence electrons. The van der Waals surface area contributed by atoms with Gasteiger partial charge in [0, 0.05) is 17.9 Å². The highest BCUT2D eigenvalue weighted by molar-refractivity contribution is 5.90. The van der Waals surface area contributed by atoms with E-state index in [0.717, 1.165) is 27.8 Å². The average Bonchev–Trinajstić information content (AvgIpc) is 2.37. The Balaban J connectivity index is 2.67. The van der Waals surface area contributed by atoms with E-state index in [2.05, 4.69) is 37.0 Å². The van der Waals surface area contributed by atoms with Crippen LogP contribution in [0.25, 0.3) is 10.8 Å². The summed E-state index contributed by atoms with van der Waals surface area (Å²) in [6.07, 6.45) is 1.80. The zero-order valence-electron chi connectivity index (χ0n) is 11.4. The number of benzene rings is 1. The van der Waals surface area contributed by atoms with Crippen molar-refractivity contribution in [3.63, 3.8) is 0 Å². The highest BCUT2D eigenvalue weighted by atomic mass is 16.5. The molecule has 1 heterocycles. The van der Waals surface area contributed by atoms with Crippen LogP contribution in [0, 0.1) is 0 Å². The number of methoxy groups -OCH3 is 2. The van der Waals surface area contributed by atoms with Gasteiger partial charge in [-0.3, -0.25) is 4.98 Å². The first-order chi connectivity index (χ1) is 8.67. The van der Waals surface area contributed by atoms with Crippen molar-refractivity contribution in [1.82, 2.24) is 4.98 Å². The second kappa shape index (κ2) is 5.36. The van der Waals surface area contributed by atoms with Crippen molar-refractivity contribution in [1.29, 1.82) is 0 Å². The molecule has 0 saturated carbocycles. The van der Waals surface area contributed by atoms with E-state index in [1.54, 1.807) is 20.4 Å². The lowest BCUT2D eigenvalue weighted by atomic mass is 10.00. The van der Waals surface area contributed by atoms with Gasteiger partial charge in [0.25, 0.3) is 0 Å². The minimum Gasteiger partial charge on any atom is -0.494 e. The van der Waals surface area contributed by atoms with Crippen LogP contribution in [0.2, 0.25) is 0 Å². The van der Waals surface area contributed by atoms with E-state index >= 15 is 0 Å². The van der Waals surface area contributed by atoms with Crippen molar-refractivity contribution in [2.75, 3.05) is 14.2 Å². The van der Waals surface area contributed by atoms with Gasteiger partial charge >= 0.3 is 0 Å². The van der Waals surface area contributed by atoms with Gasteiger partial charge in [0.2, 0.25) is 0 Å². The first-order valence-corrected chi connectivity index (χ1v) is 6.11. The summed E-state index contributed by atoms with van der Waals surface area (Å²) in [5, 5.41) is 2.26. The van der Waals surface area contributed by atoms with Crippen LogP contribution in [0.5, 0.6) is 5.75 Å². The van der Waals surface area contributed by atoms with Crippen LogP contribution in [0.3, 0.4) is 0 Å². The highest BCUT2D eigenvalue weighted by Gasteiger charge is 2.11. The number of aromatic nitrogens is 1. The molecule has 2 rings (SSSR count). The number of rotatable bonds is 4. The fourth-order valence-electron chi connectivity index (χ4n) is 2.16. The summed E-state index contributed by atoms with van der Waals surface area (Å²) in [6, 6.07) is 6.29. The molecule has 0 saturated heterocycles. The lowest BCUT2D eigenvalue weighted by Gasteiger charge is -2.13. The Morgan fingerprint density at radius 2 is 1.94 bits per heavy atom. The molecular formula is C15H19NO2. The summed E-state index contributed by atoms with van der Waals surface area (Å²) in [5.74, 6) is 1.20. The zero-order chi connectivity index (χ0) is 13.1. The number of hydrogen-bond donors (Lipinski definition) is 0. The van der Waals surface area contributed by atoms with Crippen molar-refractivity contribution >= 4 is 10.8 Å². The quantitative estimate of drug-likeness (QED) is 0.826. The van der Waals surface area contributed by atoms with Gasteiger partial charge in [0.1, 0.15) is 5.75 Å². The predicted octanol–water partition coefficient (Wildman–Crippen LogP) is 3.51. The normalized spacial score (nSPS) is 11.2. The molecule has 1 aromatic heterocycles. The van der Waals surface area contributed by atoms with Crippen molar-refractivity contribution in [2.45, 2.75) is 26.4 Å². The van der Waals surface area contributed by atoms with E-state index in [1.165, 1.54) is 0 Å². The summed E-state index contributed by atoms with van der Waals surface area (Å²) in [6.45, 7) is 4.92. The Morgan fingerprint density at radius 1 is 1.17 bits per heavy atom. The molecule has 3 heteroatoms. The van der Waals surface area contributed by atoms with E-state index in [9.17, 15) is 0 Å². The number of ether oxygens (including phenoxy) is 2. The maximum atomic E-state index is 5.37. The van der Waals surface area contributed by atoms with Gasteiger partial charge in [-0.15, -0.1) is 0 Å². The minimum absolute atomic E-state index is 0.385. The molecule has 2 aromatic rings. The average molecular weight is 245 g/mol. The SMILES string of the molecule is COCc1ccc2c(OC)cnc(C(C)C)c2c1. The maximum Gasteiger partial charge on any atom is 0.144 e. The molecule has 3 nitrogen and oxygen atoms in total. The van der Waals surface area contributed by atoms with Crippen LogP contribution in [-0.4, -0.2) is 19.2 Å². The van der Waals surface area contributed by atoms with Crippen molar-refractivity contribution in [2.24, 2.45) is 0 Å². The van der Waals surface area contributed by atoms with E-state index < -0.39 is 0 Å². The smallest absolute Gasteiger partial charge is 0.144 e. The van der Waals surface area contributed by atoms with Gasteiger partial charge in [-0.05, 0) is 17.5 Å². The van der Waals surface area contributed by atoms with Crippen LogP contribution in [0.4, 0.5) is 0 Å². The third-order valence-electron chi connectivity index (χ3n) is 3.02. The fraction of sp³-hybridized carbons (Fsp3) is 0.400. The monoisotopic (exact) mass is 245 g/mol. The minimum atomic E-state index is 0.385. The largest absolute Gasteiger partial charge is 0.494 e. The van der Waals surface area contributed by atoms with Crippen molar-refractivity contribution < 1.29 is 9.47 Å². The second-order valence-corrected chi connectivity index (χ2v) is 4.68. The van der Waals surface area contributed by atoms with Gasteiger partial charge in [-0.25, -0.2) is 0 Å². The van der Waals surface area contributed by atoms with E-state index in [4.69, 9.17) is 9.47 Å². The Hall–Kier alpha value is -1.61. The maximum absolute atomic E-state index is 5.37. The summed E-state index contributed by atoms with van der Waals surface area (Å²) < 4.78 is 10.6. The molecular weight excluding hydrogens is 226 g/mol. The summed E-state index contributed by atoms with van der Waals surface area (Å²) in [7, 11) is 3.38. The summed E-state index contributed by atoms with van der Waals surface area (Å²) in [4.78, 5) is 4.51. The molecule has 18 heavy (non-hydrogen) atoms. The summed E-state index contributed by atoms with van der Waals surface area (Å²) in [5.41, 5.74) is 2.26. The van der Waals surface area contributed by atoms with E-state index in [1.807, 2.05) is 0 Å². The molecule has 0 aliphatic rings. The van der Waals surface area contributed by atoms with Crippen molar-refractivity contribution in [3.05, 3.63) is 35.7 Å². The molecule has 1 aromatic carbocycles. The number of pyridine rings is 1.